The smallest absolute Gasteiger partial charge is 0.209 e. The van der Waals surface area contributed by atoms with E-state index < -0.39 is 9.84 Å². The second kappa shape index (κ2) is 4.44. The van der Waals surface area contributed by atoms with Gasteiger partial charge in [-0.25, -0.2) is 8.42 Å². The highest BCUT2D eigenvalue weighted by Crippen LogP contribution is 2.30. The molecule has 2 heterocycles. The molecular formula is C14H10N2O2S. The highest BCUT2D eigenvalue weighted by molar-refractivity contribution is 8.00. The van der Waals surface area contributed by atoms with Crippen LogP contribution in [0.15, 0.2) is 64.9 Å². The van der Waals surface area contributed by atoms with E-state index in [9.17, 15) is 8.42 Å². The van der Waals surface area contributed by atoms with E-state index in [0.29, 0.717) is 11.1 Å². The van der Waals surface area contributed by atoms with Crippen LogP contribution in [0.5, 0.6) is 0 Å². The van der Waals surface area contributed by atoms with Gasteiger partial charge in [0.05, 0.1) is 9.80 Å². The van der Waals surface area contributed by atoms with Crippen LogP contribution in [0.25, 0.3) is 4.91 Å². The fourth-order valence-corrected chi connectivity index (χ4v) is 3.52. The Morgan fingerprint density at radius 1 is 0.947 bits per heavy atom. The van der Waals surface area contributed by atoms with Crippen molar-refractivity contribution >= 4 is 21.0 Å². The van der Waals surface area contributed by atoms with Gasteiger partial charge in [-0.3, -0.25) is 9.98 Å². The van der Waals surface area contributed by atoms with Crippen LogP contribution in [0.2, 0.25) is 0 Å². The first-order valence-corrected chi connectivity index (χ1v) is 7.16. The minimum absolute atomic E-state index is 0.191. The van der Waals surface area contributed by atoms with Gasteiger partial charge in [-0.1, -0.05) is 18.2 Å². The SMILES string of the molecule is O=S1(=O)C(c2ccncc2)=CN=Cc2ccccc21. The Labute approximate surface area is 111 Å². The molecule has 0 N–H and O–H groups in total. The maximum atomic E-state index is 12.7. The van der Waals surface area contributed by atoms with Crippen molar-refractivity contribution in [2.24, 2.45) is 4.99 Å². The van der Waals surface area contributed by atoms with Gasteiger partial charge >= 0.3 is 0 Å². The molecule has 1 aromatic heterocycles. The highest BCUT2D eigenvalue weighted by Gasteiger charge is 2.25. The minimum Gasteiger partial charge on any atom is -0.265 e. The second-order valence-electron chi connectivity index (χ2n) is 4.05. The van der Waals surface area contributed by atoms with Crippen molar-refractivity contribution < 1.29 is 8.42 Å². The number of aliphatic imine (C=N–C) groups is 1. The van der Waals surface area contributed by atoms with E-state index in [-0.39, 0.29) is 9.80 Å². The third kappa shape index (κ3) is 1.98. The zero-order valence-corrected chi connectivity index (χ0v) is 10.7. The Morgan fingerprint density at radius 3 is 2.47 bits per heavy atom. The van der Waals surface area contributed by atoms with Crippen molar-refractivity contribution in [3.63, 3.8) is 0 Å². The largest absolute Gasteiger partial charge is 0.265 e. The van der Waals surface area contributed by atoms with Gasteiger partial charge < -0.3 is 0 Å². The minimum atomic E-state index is -3.56. The number of rotatable bonds is 1. The summed E-state index contributed by atoms with van der Waals surface area (Å²) in [4.78, 5) is 8.44. The summed E-state index contributed by atoms with van der Waals surface area (Å²) in [6.07, 6.45) is 6.06. The lowest BCUT2D eigenvalue weighted by Gasteiger charge is -2.08. The molecular weight excluding hydrogens is 260 g/mol. The Hall–Kier alpha value is -2.27. The van der Waals surface area contributed by atoms with Gasteiger partial charge in [0, 0.05) is 30.4 Å². The maximum Gasteiger partial charge on any atom is 0.209 e. The Balaban J connectivity index is 2.25. The van der Waals surface area contributed by atoms with Crippen LogP contribution in [0.1, 0.15) is 11.1 Å². The van der Waals surface area contributed by atoms with Gasteiger partial charge in [-0.2, -0.15) is 0 Å². The summed E-state index contributed by atoms with van der Waals surface area (Å²) >= 11 is 0. The van der Waals surface area contributed by atoms with Crippen molar-refractivity contribution in [2.45, 2.75) is 4.90 Å². The topological polar surface area (TPSA) is 59.4 Å². The number of sulfone groups is 1. The van der Waals surface area contributed by atoms with E-state index in [2.05, 4.69) is 9.98 Å². The van der Waals surface area contributed by atoms with E-state index in [1.54, 1.807) is 55.0 Å². The summed E-state index contributed by atoms with van der Waals surface area (Å²) in [7, 11) is -3.56. The van der Waals surface area contributed by atoms with E-state index >= 15 is 0 Å². The molecule has 0 radical (unpaired) electrons. The van der Waals surface area contributed by atoms with Gasteiger partial charge in [-0.15, -0.1) is 0 Å². The summed E-state index contributed by atoms with van der Waals surface area (Å²) < 4.78 is 25.3. The average molecular weight is 270 g/mol. The van der Waals surface area contributed by atoms with E-state index in [1.165, 1.54) is 6.20 Å². The molecule has 0 amide bonds. The van der Waals surface area contributed by atoms with Crippen LogP contribution < -0.4 is 0 Å². The first kappa shape index (κ1) is 11.8. The third-order valence-electron chi connectivity index (χ3n) is 2.87. The number of nitrogens with zero attached hydrogens (tertiary/aromatic N) is 2. The predicted molar refractivity (Wildman–Crippen MR) is 73.4 cm³/mol. The number of hydrogen-bond donors (Lipinski definition) is 0. The summed E-state index contributed by atoms with van der Waals surface area (Å²) in [6, 6.07) is 10.1. The van der Waals surface area contributed by atoms with Crippen molar-refractivity contribution in [3.05, 3.63) is 66.1 Å². The molecule has 0 aliphatic carbocycles. The first-order valence-electron chi connectivity index (χ1n) is 5.67. The molecule has 0 saturated carbocycles. The summed E-state index contributed by atoms with van der Waals surface area (Å²) in [5, 5.41) is 0. The molecule has 0 atom stereocenters. The van der Waals surface area contributed by atoms with Gasteiger partial charge in [0.15, 0.2) is 0 Å². The van der Waals surface area contributed by atoms with Crippen LogP contribution >= 0.6 is 0 Å². The Bertz CT molecular complexity index is 778. The molecule has 0 spiro atoms. The predicted octanol–water partition coefficient (Wildman–Crippen LogP) is 2.29. The fourth-order valence-electron chi connectivity index (χ4n) is 1.95. The number of hydrogen-bond acceptors (Lipinski definition) is 4. The number of fused-ring (bicyclic) bond motifs is 1. The van der Waals surface area contributed by atoms with Crippen LogP contribution in [0.4, 0.5) is 0 Å². The molecule has 2 aromatic rings. The molecule has 0 unspecified atom stereocenters. The normalized spacial score (nSPS) is 16.3. The Morgan fingerprint density at radius 2 is 1.68 bits per heavy atom. The van der Waals surface area contributed by atoms with Gasteiger partial charge in [-0.05, 0) is 23.8 Å². The lowest BCUT2D eigenvalue weighted by Crippen LogP contribution is -2.05. The average Bonchev–Trinajstić information content (AvgIpc) is 2.57. The molecule has 5 heteroatoms. The lowest BCUT2D eigenvalue weighted by molar-refractivity contribution is 0.606. The number of aromatic nitrogens is 1. The Kier molecular flexibility index (Phi) is 2.76. The molecule has 0 fully saturated rings. The van der Waals surface area contributed by atoms with Gasteiger partial charge in [0.1, 0.15) is 0 Å². The van der Waals surface area contributed by atoms with Crippen LogP contribution in [0.3, 0.4) is 0 Å². The second-order valence-corrected chi connectivity index (χ2v) is 5.94. The molecule has 1 aromatic carbocycles. The maximum absolute atomic E-state index is 12.7. The molecule has 94 valence electrons. The summed E-state index contributed by atoms with van der Waals surface area (Å²) in [5.74, 6) is 0. The standard InChI is InChI=1S/C14H10N2O2S/c17-19(18)13-4-2-1-3-12(13)9-16-10-14(19)11-5-7-15-8-6-11/h1-10H. The molecule has 0 bridgehead atoms. The van der Waals surface area contributed by atoms with Crippen LogP contribution in [-0.2, 0) is 9.84 Å². The quantitative estimate of drug-likeness (QED) is 0.798. The summed E-state index contributed by atoms with van der Waals surface area (Å²) in [5.41, 5.74) is 1.19. The lowest BCUT2D eigenvalue weighted by atomic mass is 10.2. The van der Waals surface area contributed by atoms with E-state index in [0.717, 1.165) is 0 Å². The van der Waals surface area contributed by atoms with Gasteiger partial charge in [0.25, 0.3) is 0 Å². The van der Waals surface area contributed by atoms with Crippen LogP contribution in [-0.4, -0.2) is 19.6 Å². The fraction of sp³-hybridized carbons (Fsp3) is 0. The van der Waals surface area contributed by atoms with Crippen molar-refractivity contribution in [3.8, 4) is 0 Å². The highest BCUT2D eigenvalue weighted by atomic mass is 32.2. The molecule has 1 aliphatic rings. The summed E-state index contributed by atoms with van der Waals surface area (Å²) in [6.45, 7) is 0. The molecule has 4 nitrogen and oxygen atoms in total. The molecule has 19 heavy (non-hydrogen) atoms. The van der Waals surface area contributed by atoms with Crippen LogP contribution in [0, 0.1) is 0 Å². The van der Waals surface area contributed by atoms with Crippen molar-refractivity contribution in [1.29, 1.82) is 0 Å². The number of pyridine rings is 1. The monoisotopic (exact) mass is 270 g/mol. The number of benzene rings is 1. The van der Waals surface area contributed by atoms with Crippen molar-refractivity contribution in [1.82, 2.24) is 4.98 Å². The van der Waals surface area contributed by atoms with Gasteiger partial charge in [0.2, 0.25) is 9.84 Å². The first-order chi connectivity index (χ1) is 9.19. The third-order valence-corrected chi connectivity index (χ3v) is 4.74. The molecule has 1 aliphatic heterocycles. The van der Waals surface area contributed by atoms with Crippen molar-refractivity contribution in [2.75, 3.05) is 0 Å². The zero-order valence-electron chi connectivity index (χ0n) is 9.89. The van der Waals surface area contributed by atoms with E-state index in [1.807, 2.05) is 0 Å². The molecule has 0 saturated heterocycles. The zero-order chi connectivity index (χ0) is 13.3. The van der Waals surface area contributed by atoms with E-state index in [4.69, 9.17) is 0 Å². The molecule has 3 rings (SSSR count).